The molecule has 0 saturated heterocycles. The van der Waals surface area contributed by atoms with Gasteiger partial charge in [0.2, 0.25) is 0 Å². The fourth-order valence-corrected chi connectivity index (χ4v) is 1.80. The van der Waals surface area contributed by atoms with E-state index in [9.17, 15) is 4.79 Å². The average molecular weight is 264 g/mol. The van der Waals surface area contributed by atoms with Gasteiger partial charge in [0.15, 0.2) is 0 Å². The van der Waals surface area contributed by atoms with Crippen LogP contribution in [0.2, 0.25) is 0 Å². The average Bonchev–Trinajstić information content (AvgIpc) is 2.26. The molecule has 0 atom stereocenters. The number of nitrogens with one attached hydrogen (secondary N) is 2. The van der Waals surface area contributed by atoms with Gasteiger partial charge in [0.25, 0.3) is 0 Å². The Morgan fingerprint density at radius 3 is 2.37 bits per heavy atom. The van der Waals surface area contributed by atoms with Gasteiger partial charge in [-0.1, -0.05) is 20.8 Å². The summed E-state index contributed by atoms with van der Waals surface area (Å²) in [6.45, 7) is 10.2. The number of urea groups is 1. The zero-order chi connectivity index (χ0) is 14.6. The molecule has 0 unspecified atom stereocenters. The van der Waals surface area contributed by atoms with Crippen molar-refractivity contribution in [2.24, 2.45) is 0 Å². The summed E-state index contributed by atoms with van der Waals surface area (Å²) in [5.74, 6) is 0.835. The predicted octanol–water partition coefficient (Wildman–Crippen LogP) is 3.52. The van der Waals surface area contributed by atoms with Crippen LogP contribution < -0.4 is 15.4 Å². The monoisotopic (exact) mass is 264 g/mol. The standard InChI is InChI=1S/C15H24N2O2/c1-10(2)16-14(18)17-11-7-8-13(19-6)12(9-11)15(3,4)5/h7-10H,1-6H3,(H2,16,17,18). The first kappa shape index (κ1) is 15.3. The van der Waals surface area contributed by atoms with Crippen LogP contribution in [0.1, 0.15) is 40.2 Å². The van der Waals surface area contributed by atoms with Gasteiger partial charge in [0.05, 0.1) is 7.11 Å². The number of benzene rings is 1. The summed E-state index contributed by atoms with van der Waals surface area (Å²) in [7, 11) is 1.66. The van der Waals surface area contributed by atoms with Crippen LogP contribution in [0.15, 0.2) is 18.2 Å². The van der Waals surface area contributed by atoms with E-state index in [-0.39, 0.29) is 17.5 Å². The van der Waals surface area contributed by atoms with Crippen LogP contribution in [0.5, 0.6) is 5.75 Å². The van der Waals surface area contributed by atoms with Crippen LogP contribution in [-0.2, 0) is 5.41 Å². The Kier molecular flexibility index (Phi) is 4.81. The molecule has 1 rings (SSSR count). The van der Waals surface area contributed by atoms with E-state index >= 15 is 0 Å². The number of ether oxygens (including phenoxy) is 1. The van der Waals surface area contributed by atoms with Crippen molar-refractivity contribution in [1.82, 2.24) is 5.32 Å². The SMILES string of the molecule is COc1ccc(NC(=O)NC(C)C)cc1C(C)(C)C. The minimum atomic E-state index is -0.194. The van der Waals surface area contributed by atoms with E-state index in [1.54, 1.807) is 7.11 Å². The second kappa shape index (κ2) is 5.95. The Morgan fingerprint density at radius 2 is 1.89 bits per heavy atom. The van der Waals surface area contributed by atoms with Crippen molar-refractivity contribution >= 4 is 11.7 Å². The Hall–Kier alpha value is -1.71. The number of amides is 2. The maximum absolute atomic E-state index is 11.7. The molecule has 4 heteroatoms. The van der Waals surface area contributed by atoms with Crippen LogP contribution in [0.4, 0.5) is 10.5 Å². The van der Waals surface area contributed by atoms with Gasteiger partial charge in [-0.05, 0) is 37.5 Å². The highest BCUT2D eigenvalue weighted by Crippen LogP contribution is 2.33. The molecule has 0 aromatic heterocycles. The van der Waals surface area contributed by atoms with Gasteiger partial charge < -0.3 is 15.4 Å². The highest BCUT2D eigenvalue weighted by Gasteiger charge is 2.19. The van der Waals surface area contributed by atoms with Crippen molar-refractivity contribution in [3.8, 4) is 5.75 Å². The van der Waals surface area contributed by atoms with Crippen molar-refractivity contribution in [2.75, 3.05) is 12.4 Å². The van der Waals surface area contributed by atoms with E-state index in [0.29, 0.717) is 0 Å². The van der Waals surface area contributed by atoms with Crippen molar-refractivity contribution in [3.63, 3.8) is 0 Å². The normalized spacial score (nSPS) is 11.3. The molecule has 106 valence electrons. The first-order valence-corrected chi connectivity index (χ1v) is 6.50. The zero-order valence-corrected chi connectivity index (χ0v) is 12.6. The molecule has 0 aliphatic carbocycles. The van der Waals surface area contributed by atoms with E-state index in [4.69, 9.17) is 4.74 Å². The number of hydrogen-bond acceptors (Lipinski definition) is 2. The van der Waals surface area contributed by atoms with Gasteiger partial charge in [-0.15, -0.1) is 0 Å². The summed E-state index contributed by atoms with van der Waals surface area (Å²) >= 11 is 0. The third kappa shape index (κ3) is 4.47. The number of carbonyl (C=O) groups excluding carboxylic acids is 1. The summed E-state index contributed by atoms with van der Waals surface area (Å²) in [6.07, 6.45) is 0. The maximum atomic E-state index is 11.7. The quantitative estimate of drug-likeness (QED) is 0.877. The molecule has 0 spiro atoms. The van der Waals surface area contributed by atoms with Gasteiger partial charge in [-0.2, -0.15) is 0 Å². The fraction of sp³-hybridized carbons (Fsp3) is 0.533. The first-order valence-electron chi connectivity index (χ1n) is 6.50. The minimum absolute atomic E-state index is 0.0441. The number of anilines is 1. The van der Waals surface area contributed by atoms with Crippen molar-refractivity contribution < 1.29 is 9.53 Å². The molecule has 1 aromatic rings. The Bertz CT molecular complexity index is 448. The number of carbonyl (C=O) groups is 1. The van der Waals surface area contributed by atoms with Crippen LogP contribution in [-0.4, -0.2) is 19.2 Å². The van der Waals surface area contributed by atoms with Gasteiger partial charge in [0.1, 0.15) is 5.75 Å². The second-order valence-corrected chi connectivity index (χ2v) is 5.92. The minimum Gasteiger partial charge on any atom is -0.496 e. The van der Waals surface area contributed by atoms with Crippen LogP contribution >= 0.6 is 0 Å². The molecule has 0 heterocycles. The lowest BCUT2D eigenvalue weighted by Crippen LogP contribution is -2.34. The summed E-state index contributed by atoms with van der Waals surface area (Å²) in [5.41, 5.74) is 1.79. The van der Waals surface area contributed by atoms with Crippen LogP contribution in [0, 0.1) is 0 Å². The van der Waals surface area contributed by atoms with Crippen LogP contribution in [0.25, 0.3) is 0 Å². The van der Waals surface area contributed by atoms with E-state index < -0.39 is 0 Å². The molecule has 4 nitrogen and oxygen atoms in total. The summed E-state index contributed by atoms with van der Waals surface area (Å²) in [5, 5.41) is 5.63. The lowest BCUT2D eigenvalue weighted by atomic mass is 9.86. The number of methoxy groups -OCH3 is 1. The third-order valence-electron chi connectivity index (χ3n) is 2.69. The zero-order valence-electron chi connectivity index (χ0n) is 12.6. The molecular formula is C15H24N2O2. The van der Waals surface area contributed by atoms with E-state index in [1.807, 2.05) is 32.0 Å². The maximum Gasteiger partial charge on any atom is 0.319 e. The third-order valence-corrected chi connectivity index (χ3v) is 2.69. The van der Waals surface area contributed by atoms with Crippen molar-refractivity contribution in [3.05, 3.63) is 23.8 Å². The first-order chi connectivity index (χ1) is 8.74. The molecule has 2 N–H and O–H groups in total. The molecule has 2 amide bonds. The molecule has 0 fully saturated rings. The highest BCUT2D eigenvalue weighted by atomic mass is 16.5. The fourth-order valence-electron chi connectivity index (χ4n) is 1.80. The molecule has 1 aromatic carbocycles. The topological polar surface area (TPSA) is 50.4 Å². The number of hydrogen-bond donors (Lipinski definition) is 2. The van der Waals surface area contributed by atoms with E-state index in [0.717, 1.165) is 17.0 Å². The lowest BCUT2D eigenvalue weighted by molar-refractivity contribution is 0.250. The molecule has 0 bridgehead atoms. The Morgan fingerprint density at radius 1 is 1.26 bits per heavy atom. The summed E-state index contributed by atoms with van der Waals surface area (Å²) in [6, 6.07) is 5.60. The van der Waals surface area contributed by atoms with Gasteiger partial charge in [-0.25, -0.2) is 4.79 Å². The van der Waals surface area contributed by atoms with Crippen molar-refractivity contribution in [1.29, 1.82) is 0 Å². The predicted molar refractivity (Wildman–Crippen MR) is 79.0 cm³/mol. The second-order valence-electron chi connectivity index (χ2n) is 5.92. The van der Waals surface area contributed by atoms with Gasteiger partial charge in [0, 0.05) is 17.3 Å². The molecule has 19 heavy (non-hydrogen) atoms. The lowest BCUT2D eigenvalue weighted by Gasteiger charge is -2.23. The van der Waals surface area contributed by atoms with Gasteiger partial charge >= 0.3 is 6.03 Å². The highest BCUT2D eigenvalue weighted by molar-refractivity contribution is 5.89. The van der Waals surface area contributed by atoms with E-state index in [1.165, 1.54) is 0 Å². The van der Waals surface area contributed by atoms with Gasteiger partial charge in [-0.3, -0.25) is 0 Å². The van der Waals surface area contributed by atoms with Crippen molar-refractivity contribution in [2.45, 2.75) is 46.1 Å². The van der Waals surface area contributed by atoms with E-state index in [2.05, 4.69) is 31.4 Å². The largest absolute Gasteiger partial charge is 0.496 e. The molecule has 0 aliphatic heterocycles. The summed E-state index contributed by atoms with van der Waals surface area (Å²) < 4.78 is 5.37. The van der Waals surface area contributed by atoms with Crippen LogP contribution in [0.3, 0.4) is 0 Å². The molecule has 0 aliphatic rings. The Balaban J connectivity index is 2.96. The smallest absolute Gasteiger partial charge is 0.319 e. The molecule has 0 radical (unpaired) electrons. The molecule has 0 saturated carbocycles. The Labute approximate surface area is 115 Å². The number of rotatable bonds is 3. The summed E-state index contributed by atoms with van der Waals surface area (Å²) in [4.78, 5) is 11.7. The molecular weight excluding hydrogens is 240 g/mol.